The predicted octanol–water partition coefficient (Wildman–Crippen LogP) is 5.31. The van der Waals surface area contributed by atoms with Gasteiger partial charge in [0.2, 0.25) is 0 Å². The Morgan fingerprint density at radius 1 is 0.909 bits per heavy atom. The van der Waals surface area contributed by atoms with Crippen molar-refractivity contribution in [3.8, 4) is 5.75 Å². The fraction of sp³-hybridized carbons (Fsp3) is 0.700. The summed E-state index contributed by atoms with van der Waals surface area (Å²) >= 11 is 0. The highest BCUT2D eigenvalue weighted by molar-refractivity contribution is 5.31. The van der Waals surface area contributed by atoms with Crippen molar-refractivity contribution in [3.63, 3.8) is 0 Å². The van der Waals surface area contributed by atoms with Gasteiger partial charge in [0.1, 0.15) is 12.4 Å². The van der Waals surface area contributed by atoms with Crippen molar-refractivity contribution in [2.45, 2.75) is 71.6 Å². The Morgan fingerprint density at radius 2 is 1.59 bits per heavy atom. The average Bonchev–Trinajstić information content (AvgIpc) is 2.54. The number of nitrogens with one attached hydrogen (secondary N) is 1. The number of ether oxygens (including phenoxy) is 1. The third-order valence-corrected chi connectivity index (χ3v) is 4.52. The van der Waals surface area contributed by atoms with Gasteiger partial charge in [-0.1, -0.05) is 65.5 Å². The van der Waals surface area contributed by atoms with Crippen LogP contribution in [0.15, 0.2) is 24.3 Å². The van der Waals surface area contributed by atoms with Crippen molar-refractivity contribution in [2.75, 3.05) is 19.7 Å². The van der Waals surface area contributed by atoms with Gasteiger partial charge in [0.15, 0.2) is 0 Å². The van der Waals surface area contributed by atoms with E-state index in [1.54, 1.807) is 0 Å². The molecule has 0 aliphatic carbocycles. The van der Waals surface area contributed by atoms with Crippen molar-refractivity contribution in [1.82, 2.24) is 5.32 Å². The van der Waals surface area contributed by atoms with Gasteiger partial charge in [0.25, 0.3) is 0 Å². The highest BCUT2D eigenvalue weighted by Gasteiger charge is 2.17. The van der Waals surface area contributed by atoms with E-state index in [1.165, 1.54) is 37.7 Å². The van der Waals surface area contributed by atoms with Crippen molar-refractivity contribution in [3.05, 3.63) is 29.8 Å². The molecule has 0 bridgehead atoms. The molecule has 22 heavy (non-hydrogen) atoms. The first kappa shape index (κ1) is 19.0. The van der Waals surface area contributed by atoms with Crippen LogP contribution in [0.2, 0.25) is 0 Å². The van der Waals surface area contributed by atoms with Crippen LogP contribution in [0.4, 0.5) is 0 Å². The molecule has 0 aromatic heterocycles. The first-order chi connectivity index (χ1) is 10.6. The summed E-state index contributed by atoms with van der Waals surface area (Å²) in [6.45, 7) is 11.8. The Morgan fingerprint density at radius 3 is 2.23 bits per heavy atom. The van der Waals surface area contributed by atoms with Crippen LogP contribution in [0.3, 0.4) is 0 Å². The van der Waals surface area contributed by atoms with Crippen LogP contribution in [-0.2, 0) is 5.41 Å². The van der Waals surface area contributed by atoms with Crippen LogP contribution < -0.4 is 10.1 Å². The van der Waals surface area contributed by atoms with E-state index in [0.717, 1.165) is 31.9 Å². The van der Waals surface area contributed by atoms with E-state index in [0.29, 0.717) is 0 Å². The second-order valence-electron chi connectivity index (χ2n) is 6.77. The molecule has 2 nitrogen and oxygen atoms in total. The normalized spacial score (nSPS) is 11.6. The molecule has 0 atom stereocenters. The highest BCUT2D eigenvalue weighted by atomic mass is 16.5. The molecule has 0 spiro atoms. The van der Waals surface area contributed by atoms with Crippen LogP contribution in [0, 0.1) is 0 Å². The van der Waals surface area contributed by atoms with E-state index in [1.807, 2.05) is 0 Å². The second-order valence-corrected chi connectivity index (χ2v) is 6.77. The van der Waals surface area contributed by atoms with Gasteiger partial charge in [-0.3, -0.25) is 0 Å². The van der Waals surface area contributed by atoms with Gasteiger partial charge in [-0.25, -0.2) is 0 Å². The minimum Gasteiger partial charge on any atom is -0.492 e. The maximum Gasteiger partial charge on any atom is 0.119 e. The fourth-order valence-electron chi connectivity index (χ4n) is 2.43. The molecule has 1 aromatic rings. The summed E-state index contributed by atoms with van der Waals surface area (Å²) in [5.74, 6) is 0.973. The molecule has 0 unspecified atom stereocenters. The lowest BCUT2D eigenvalue weighted by molar-refractivity contribution is 0.313. The topological polar surface area (TPSA) is 21.3 Å². The molecule has 2 heteroatoms. The zero-order chi connectivity index (χ0) is 16.3. The van der Waals surface area contributed by atoms with E-state index in [2.05, 4.69) is 57.3 Å². The van der Waals surface area contributed by atoms with E-state index in [-0.39, 0.29) is 5.41 Å². The Kier molecular flexibility index (Phi) is 9.22. The number of benzene rings is 1. The first-order valence-electron chi connectivity index (χ1n) is 9.04. The van der Waals surface area contributed by atoms with Gasteiger partial charge < -0.3 is 10.1 Å². The quantitative estimate of drug-likeness (QED) is 0.528. The molecule has 126 valence electrons. The Balaban J connectivity index is 2.13. The summed E-state index contributed by atoms with van der Waals surface area (Å²) < 4.78 is 5.79. The molecule has 0 heterocycles. The monoisotopic (exact) mass is 305 g/mol. The molecule has 0 saturated carbocycles. The van der Waals surface area contributed by atoms with Gasteiger partial charge >= 0.3 is 0 Å². The first-order valence-corrected chi connectivity index (χ1v) is 9.04. The zero-order valence-corrected chi connectivity index (χ0v) is 15.1. The molecular formula is C20H35NO. The summed E-state index contributed by atoms with van der Waals surface area (Å²) in [6, 6.07) is 8.58. The van der Waals surface area contributed by atoms with Crippen molar-refractivity contribution in [2.24, 2.45) is 0 Å². The Bertz CT molecular complexity index is 383. The van der Waals surface area contributed by atoms with Crippen LogP contribution in [0.1, 0.15) is 71.8 Å². The maximum absolute atomic E-state index is 5.79. The molecule has 1 aromatic carbocycles. The van der Waals surface area contributed by atoms with E-state index >= 15 is 0 Å². The maximum atomic E-state index is 5.79. The smallest absolute Gasteiger partial charge is 0.119 e. The van der Waals surface area contributed by atoms with Crippen LogP contribution in [-0.4, -0.2) is 19.7 Å². The number of rotatable bonds is 12. The van der Waals surface area contributed by atoms with Crippen LogP contribution in [0.5, 0.6) is 5.75 Å². The standard InChI is InChI=1S/C20H35NO/c1-5-7-8-9-10-15-21-16-17-22-19-13-11-18(12-14-19)20(3,4)6-2/h11-14,21H,5-10,15-17H2,1-4H3. The van der Waals surface area contributed by atoms with Crippen LogP contribution >= 0.6 is 0 Å². The number of hydrogen-bond acceptors (Lipinski definition) is 2. The Hall–Kier alpha value is -1.02. The molecule has 1 N–H and O–H groups in total. The van der Waals surface area contributed by atoms with Gasteiger partial charge in [-0.05, 0) is 42.5 Å². The summed E-state index contributed by atoms with van der Waals surface area (Å²) in [7, 11) is 0. The largest absolute Gasteiger partial charge is 0.492 e. The predicted molar refractivity (Wildman–Crippen MR) is 96.9 cm³/mol. The summed E-state index contributed by atoms with van der Waals surface area (Å²) in [5.41, 5.74) is 1.63. The summed E-state index contributed by atoms with van der Waals surface area (Å²) in [5, 5.41) is 3.45. The minimum atomic E-state index is 0.248. The molecule has 0 saturated heterocycles. The minimum absolute atomic E-state index is 0.248. The van der Waals surface area contributed by atoms with Gasteiger partial charge in [-0.15, -0.1) is 0 Å². The zero-order valence-electron chi connectivity index (χ0n) is 15.1. The van der Waals surface area contributed by atoms with E-state index in [4.69, 9.17) is 4.74 Å². The number of hydrogen-bond donors (Lipinski definition) is 1. The van der Waals surface area contributed by atoms with Gasteiger partial charge in [0, 0.05) is 6.54 Å². The number of unbranched alkanes of at least 4 members (excludes halogenated alkanes) is 4. The van der Waals surface area contributed by atoms with Gasteiger partial charge in [-0.2, -0.15) is 0 Å². The lowest BCUT2D eigenvalue weighted by atomic mass is 9.82. The fourth-order valence-corrected chi connectivity index (χ4v) is 2.43. The Labute approximate surface area is 137 Å². The van der Waals surface area contributed by atoms with Crippen molar-refractivity contribution >= 4 is 0 Å². The molecular weight excluding hydrogens is 270 g/mol. The second kappa shape index (κ2) is 10.7. The molecule has 0 amide bonds. The molecule has 0 aliphatic rings. The van der Waals surface area contributed by atoms with Crippen molar-refractivity contribution < 1.29 is 4.74 Å². The van der Waals surface area contributed by atoms with Crippen molar-refractivity contribution in [1.29, 1.82) is 0 Å². The summed E-state index contributed by atoms with van der Waals surface area (Å²) in [4.78, 5) is 0. The van der Waals surface area contributed by atoms with E-state index in [9.17, 15) is 0 Å². The third-order valence-electron chi connectivity index (χ3n) is 4.52. The van der Waals surface area contributed by atoms with Gasteiger partial charge in [0.05, 0.1) is 0 Å². The molecule has 1 rings (SSSR count). The lowest BCUT2D eigenvalue weighted by Crippen LogP contribution is -2.22. The molecule has 0 fully saturated rings. The molecule has 0 radical (unpaired) electrons. The SMILES string of the molecule is CCCCCCCNCCOc1ccc(C(C)(C)CC)cc1. The third kappa shape index (κ3) is 7.31. The summed E-state index contributed by atoms with van der Waals surface area (Å²) in [6.07, 6.45) is 7.82. The average molecular weight is 306 g/mol. The lowest BCUT2D eigenvalue weighted by Gasteiger charge is -2.23. The molecule has 0 aliphatic heterocycles. The van der Waals surface area contributed by atoms with Crippen LogP contribution in [0.25, 0.3) is 0 Å². The highest BCUT2D eigenvalue weighted by Crippen LogP contribution is 2.27. The van der Waals surface area contributed by atoms with E-state index < -0.39 is 0 Å².